The number of nitrogens with one attached hydrogen (secondary N) is 1. The van der Waals surface area contributed by atoms with E-state index < -0.39 is 33.7 Å². The number of benzene rings is 1. The first-order valence-corrected chi connectivity index (χ1v) is 7.58. The predicted molar refractivity (Wildman–Crippen MR) is 79.3 cm³/mol. The molecule has 0 aromatic heterocycles. The summed E-state index contributed by atoms with van der Waals surface area (Å²) in [6.07, 6.45) is 0. The number of aliphatic carboxylic acids is 1. The van der Waals surface area contributed by atoms with Crippen molar-refractivity contribution in [3.63, 3.8) is 0 Å². The van der Waals surface area contributed by atoms with Crippen LogP contribution in [0.3, 0.4) is 0 Å². The summed E-state index contributed by atoms with van der Waals surface area (Å²) >= 11 is 0. The molecule has 0 fully saturated rings. The summed E-state index contributed by atoms with van der Waals surface area (Å²) in [6.45, 7) is 4.78. The molecule has 2 atom stereocenters. The molecule has 0 aliphatic heterocycles. The maximum Gasteiger partial charge on any atom is 0.376 e. The Morgan fingerprint density at radius 2 is 1.95 bits per heavy atom. The molecule has 0 heterocycles. The van der Waals surface area contributed by atoms with Gasteiger partial charge in [0, 0.05) is 0 Å². The van der Waals surface area contributed by atoms with Crippen LogP contribution in [0.4, 0.5) is 8.78 Å². The van der Waals surface area contributed by atoms with Crippen molar-refractivity contribution in [1.82, 2.24) is 4.72 Å². The number of carbonyl (C=O) groups is 1. The maximum absolute atomic E-state index is 14.0. The third-order valence-electron chi connectivity index (χ3n) is 2.86. The minimum absolute atomic E-state index is 0.0237. The van der Waals surface area contributed by atoms with Gasteiger partial charge in [0.2, 0.25) is 0 Å². The highest BCUT2D eigenvalue weighted by atomic mass is 32.2. The summed E-state index contributed by atoms with van der Waals surface area (Å²) in [4.78, 5) is 10.9. The molecule has 0 saturated carbocycles. The molecule has 2 N–H and O–H groups in total. The van der Waals surface area contributed by atoms with Crippen molar-refractivity contribution in [3.8, 4) is 5.75 Å². The van der Waals surface area contributed by atoms with Crippen molar-refractivity contribution in [3.05, 3.63) is 29.8 Å². The van der Waals surface area contributed by atoms with Crippen molar-refractivity contribution in [2.75, 3.05) is 7.11 Å². The molecule has 5 nitrogen and oxygen atoms in total. The van der Waals surface area contributed by atoms with Crippen molar-refractivity contribution >= 4 is 17.0 Å². The monoisotopic (exact) mass is 335 g/mol. The molecule has 0 bridgehead atoms. The Balaban J connectivity index is 3.28. The average Bonchev–Trinajstić information content (AvgIpc) is 2.43. The van der Waals surface area contributed by atoms with E-state index >= 15 is 0 Å². The van der Waals surface area contributed by atoms with Gasteiger partial charge in [-0.25, -0.2) is 13.7 Å². The van der Waals surface area contributed by atoms with Gasteiger partial charge >= 0.3 is 11.9 Å². The molecule has 0 saturated heterocycles. The molecule has 0 amide bonds. The van der Waals surface area contributed by atoms with Gasteiger partial charge in [0.15, 0.2) is 0 Å². The highest BCUT2D eigenvalue weighted by molar-refractivity contribution is 7.84. The Bertz CT molecular complexity index is 572. The Labute approximate surface area is 130 Å². The van der Waals surface area contributed by atoms with Crippen molar-refractivity contribution in [2.24, 2.45) is 0 Å². The Morgan fingerprint density at radius 1 is 1.36 bits per heavy atom. The van der Waals surface area contributed by atoms with Gasteiger partial charge < -0.3 is 9.84 Å². The number of alkyl halides is 2. The summed E-state index contributed by atoms with van der Waals surface area (Å²) in [7, 11) is -0.508. The first-order valence-electron chi connectivity index (χ1n) is 6.43. The van der Waals surface area contributed by atoms with Crippen LogP contribution < -0.4 is 9.46 Å². The zero-order valence-electron chi connectivity index (χ0n) is 12.7. The van der Waals surface area contributed by atoms with Gasteiger partial charge in [-0.15, -0.1) is 0 Å². The highest BCUT2D eigenvalue weighted by Gasteiger charge is 2.49. The molecule has 1 aromatic carbocycles. The lowest BCUT2D eigenvalue weighted by Crippen LogP contribution is -2.47. The second-order valence-electron chi connectivity index (χ2n) is 5.64. The van der Waals surface area contributed by atoms with Crippen LogP contribution in [0.25, 0.3) is 0 Å². The van der Waals surface area contributed by atoms with E-state index in [1.807, 2.05) is 0 Å². The fourth-order valence-corrected chi connectivity index (χ4v) is 2.43. The molecule has 0 aliphatic rings. The van der Waals surface area contributed by atoms with Gasteiger partial charge in [-0.2, -0.15) is 8.78 Å². The smallest absolute Gasteiger partial charge is 0.376 e. The first kappa shape index (κ1) is 18.5. The van der Waals surface area contributed by atoms with Crippen molar-refractivity contribution in [1.29, 1.82) is 0 Å². The summed E-state index contributed by atoms with van der Waals surface area (Å²) in [5.74, 6) is -6.13. The van der Waals surface area contributed by atoms with Gasteiger partial charge in [0.1, 0.15) is 11.8 Å². The number of hydrogen-bond acceptors (Lipinski definition) is 3. The van der Waals surface area contributed by atoms with Crippen LogP contribution in [0.2, 0.25) is 0 Å². The number of methoxy groups -OCH3 is 1. The van der Waals surface area contributed by atoms with Crippen LogP contribution in [0.5, 0.6) is 5.75 Å². The molecule has 1 aromatic rings. The number of hydrogen-bond donors (Lipinski definition) is 2. The molecular formula is C14H19F2NO4S. The van der Waals surface area contributed by atoms with E-state index in [0.717, 1.165) is 0 Å². The lowest BCUT2D eigenvalue weighted by atomic mass is 10.0. The third kappa shape index (κ3) is 4.23. The Hall–Kier alpha value is -1.54. The topological polar surface area (TPSA) is 75.6 Å². The van der Waals surface area contributed by atoms with E-state index in [4.69, 9.17) is 9.84 Å². The Morgan fingerprint density at radius 3 is 2.41 bits per heavy atom. The van der Waals surface area contributed by atoms with Gasteiger partial charge in [-0.05, 0) is 38.5 Å². The lowest BCUT2D eigenvalue weighted by Gasteiger charge is -2.28. The number of carboxylic acids is 1. The highest BCUT2D eigenvalue weighted by Crippen LogP contribution is 2.34. The molecule has 1 unspecified atom stereocenters. The van der Waals surface area contributed by atoms with Gasteiger partial charge in [-0.1, -0.05) is 12.1 Å². The maximum atomic E-state index is 14.0. The van der Waals surface area contributed by atoms with E-state index in [0.29, 0.717) is 5.75 Å². The Kier molecular flexibility index (Phi) is 5.64. The van der Waals surface area contributed by atoms with Gasteiger partial charge in [0.25, 0.3) is 0 Å². The second kappa shape index (κ2) is 6.70. The molecule has 1 rings (SSSR count). The molecule has 0 aliphatic carbocycles. The van der Waals surface area contributed by atoms with Crippen LogP contribution >= 0.6 is 0 Å². The van der Waals surface area contributed by atoms with Crippen LogP contribution in [0.15, 0.2) is 24.3 Å². The summed E-state index contributed by atoms with van der Waals surface area (Å²) < 4.78 is 46.6. The molecule has 22 heavy (non-hydrogen) atoms. The van der Waals surface area contributed by atoms with Gasteiger partial charge in [0.05, 0.1) is 22.8 Å². The fourth-order valence-electron chi connectivity index (χ4n) is 1.58. The van der Waals surface area contributed by atoms with E-state index in [2.05, 4.69) is 4.72 Å². The van der Waals surface area contributed by atoms with Crippen LogP contribution in [-0.2, 0) is 15.8 Å². The average molecular weight is 335 g/mol. The van der Waals surface area contributed by atoms with Crippen molar-refractivity contribution < 1.29 is 27.6 Å². The largest absolute Gasteiger partial charge is 0.497 e. The quantitative estimate of drug-likeness (QED) is 0.837. The number of rotatable bonds is 6. The van der Waals surface area contributed by atoms with Gasteiger partial charge in [-0.3, -0.25) is 0 Å². The van der Waals surface area contributed by atoms with Crippen LogP contribution in [-0.4, -0.2) is 33.1 Å². The predicted octanol–water partition coefficient (Wildman–Crippen LogP) is 2.51. The summed E-state index contributed by atoms with van der Waals surface area (Å²) in [5.41, 5.74) is -0.0237. The van der Waals surface area contributed by atoms with E-state index in [1.54, 1.807) is 26.8 Å². The summed E-state index contributed by atoms with van der Waals surface area (Å²) in [6, 6.07) is 3.67. The summed E-state index contributed by atoms with van der Waals surface area (Å²) in [5, 5.41) is 8.79. The molecule has 124 valence electrons. The van der Waals surface area contributed by atoms with Crippen molar-refractivity contribution in [2.45, 2.75) is 37.5 Å². The SMILES string of the molecule is COc1cccc([C@H](NS(=O)C(C)(C)C)C(F)(F)C(=O)O)c1. The van der Waals surface area contributed by atoms with E-state index in [1.165, 1.54) is 25.3 Å². The van der Waals surface area contributed by atoms with Crippen LogP contribution in [0.1, 0.15) is 32.4 Å². The van der Waals surface area contributed by atoms with E-state index in [-0.39, 0.29) is 5.56 Å². The number of carboxylic acid groups (broad SMARTS) is 1. The third-order valence-corrected chi connectivity index (χ3v) is 4.42. The minimum Gasteiger partial charge on any atom is -0.497 e. The second-order valence-corrected chi connectivity index (χ2v) is 7.63. The van der Waals surface area contributed by atoms with Crippen LogP contribution in [0, 0.1) is 0 Å². The zero-order chi connectivity index (χ0) is 17.1. The molecular weight excluding hydrogens is 316 g/mol. The number of halogens is 2. The molecule has 8 heteroatoms. The first-order chi connectivity index (χ1) is 10.00. The molecule has 0 spiro atoms. The minimum atomic E-state index is -4.13. The molecule has 0 radical (unpaired) electrons. The number of ether oxygens (including phenoxy) is 1. The van der Waals surface area contributed by atoms with E-state index in [9.17, 15) is 17.8 Å². The zero-order valence-corrected chi connectivity index (χ0v) is 13.5. The standard InChI is InChI=1S/C14H19F2NO4S/c1-13(2,3)22(20)17-11(14(15,16)12(18)19)9-6-5-7-10(8-9)21-4/h5-8,11,17H,1-4H3,(H,18,19)/t11-,22?/m0/s1. The fraction of sp³-hybridized carbons (Fsp3) is 0.500. The lowest BCUT2D eigenvalue weighted by molar-refractivity contribution is -0.168. The normalized spacial score (nSPS) is 15.2.